The van der Waals surface area contributed by atoms with Gasteiger partial charge in [0.2, 0.25) is 5.90 Å². The first-order chi connectivity index (χ1) is 14.3. The number of oxime groups is 1. The first-order valence-electron chi connectivity index (χ1n) is 9.15. The summed E-state index contributed by atoms with van der Waals surface area (Å²) >= 11 is 12.6. The Hall–Kier alpha value is -2.78. The number of piperidine rings is 1. The molecule has 1 spiro atoms. The normalized spacial score (nSPS) is 17.6. The largest absolute Gasteiger partial charge is 0.512 e. The van der Waals surface area contributed by atoms with E-state index in [1.807, 2.05) is 0 Å². The van der Waals surface area contributed by atoms with Crippen LogP contribution in [0, 0.1) is 6.92 Å². The van der Waals surface area contributed by atoms with E-state index in [9.17, 15) is 9.59 Å². The number of hydrogen-bond donors (Lipinski definition) is 1. The molecule has 1 aromatic carbocycles. The Morgan fingerprint density at radius 3 is 2.53 bits per heavy atom. The topological polar surface area (TPSA) is 114 Å². The molecule has 1 saturated heterocycles. The van der Waals surface area contributed by atoms with Gasteiger partial charge in [0.25, 0.3) is 5.91 Å². The van der Waals surface area contributed by atoms with Crippen molar-refractivity contribution in [3.63, 3.8) is 0 Å². The number of aryl methyl sites for hydroxylation is 1. The number of amides is 1. The zero-order valence-corrected chi connectivity index (χ0v) is 17.4. The van der Waals surface area contributed by atoms with Gasteiger partial charge in [0.15, 0.2) is 0 Å². The molecule has 158 valence electrons. The van der Waals surface area contributed by atoms with E-state index in [1.54, 1.807) is 30.0 Å². The second kappa shape index (κ2) is 7.81. The molecule has 2 aliphatic rings. The van der Waals surface area contributed by atoms with Gasteiger partial charge in [0.1, 0.15) is 22.6 Å². The van der Waals surface area contributed by atoms with Gasteiger partial charge in [0, 0.05) is 31.5 Å². The summed E-state index contributed by atoms with van der Waals surface area (Å²) in [6.07, 6.45) is -0.243. The van der Waals surface area contributed by atoms with E-state index >= 15 is 0 Å². The van der Waals surface area contributed by atoms with Crippen LogP contribution in [0.4, 0.5) is 4.79 Å². The maximum atomic E-state index is 13.3. The number of hydrogen-bond acceptors (Lipinski definition) is 7. The minimum Gasteiger partial charge on any atom is -0.449 e. The van der Waals surface area contributed by atoms with Gasteiger partial charge in [-0.3, -0.25) is 4.79 Å². The summed E-state index contributed by atoms with van der Waals surface area (Å²) in [4.78, 5) is 31.1. The third-order valence-electron chi connectivity index (χ3n) is 5.26. The molecule has 4 rings (SSSR count). The Bertz CT molecular complexity index is 1020. The average Bonchev–Trinajstić information content (AvgIpc) is 3.25. The Morgan fingerprint density at radius 1 is 1.23 bits per heavy atom. The first kappa shape index (κ1) is 20.5. The van der Waals surface area contributed by atoms with Crippen molar-refractivity contribution >= 4 is 41.2 Å². The minimum absolute atomic E-state index is 0.0211. The van der Waals surface area contributed by atoms with Gasteiger partial charge in [-0.15, -0.1) is 0 Å². The van der Waals surface area contributed by atoms with Crippen LogP contribution >= 0.6 is 23.2 Å². The molecule has 11 heteroatoms. The minimum atomic E-state index is -1.43. The molecule has 1 N–H and O–H groups in total. The van der Waals surface area contributed by atoms with E-state index in [0.717, 1.165) is 0 Å². The Kier molecular flexibility index (Phi) is 5.33. The van der Waals surface area contributed by atoms with E-state index in [4.69, 9.17) is 37.7 Å². The van der Waals surface area contributed by atoms with E-state index < -0.39 is 11.8 Å². The van der Waals surface area contributed by atoms with Crippen LogP contribution in [0.25, 0.3) is 11.3 Å². The lowest BCUT2D eigenvalue weighted by atomic mass is 9.88. The van der Waals surface area contributed by atoms with Gasteiger partial charge in [-0.1, -0.05) is 39.6 Å². The van der Waals surface area contributed by atoms with Crippen LogP contribution in [0.1, 0.15) is 35.4 Å². The summed E-state index contributed by atoms with van der Waals surface area (Å²) in [7, 11) is 0. The van der Waals surface area contributed by atoms with Gasteiger partial charge in [-0.2, -0.15) is 0 Å². The fraction of sp³-hybridized carbons (Fsp3) is 0.368. The molecular formula is C19H17Cl2N3O6. The lowest BCUT2D eigenvalue weighted by Gasteiger charge is -2.36. The van der Waals surface area contributed by atoms with E-state index in [2.05, 4.69) is 15.0 Å². The van der Waals surface area contributed by atoms with E-state index in [0.29, 0.717) is 58.6 Å². The fourth-order valence-electron chi connectivity index (χ4n) is 3.71. The quantitative estimate of drug-likeness (QED) is 0.671. The monoisotopic (exact) mass is 453 g/mol. The van der Waals surface area contributed by atoms with Crippen molar-refractivity contribution in [2.24, 2.45) is 5.16 Å². The number of nitrogens with zero attached hydrogens (tertiary/aromatic N) is 3. The molecule has 2 aliphatic heterocycles. The van der Waals surface area contributed by atoms with Gasteiger partial charge >= 0.3 is 6.16 Å². The first-order valence-corrected chi connectivity index (χ1v) is 9.91. The summed E-state index contributed by atoms with van der Waals surface area (Å²) in [6.45, 7) is 2.42. The van der Waals surface area contributed by atoms with Crippen LogP contribution in [0.3, 0.4) is 0 Å². The van der Waals surface area contributed by atoms with Crippen molar-refractivity contribution in [2.45, 2.75) is 31.8 Å². The number of carboxylic acid groups (broad SMARTS) is 1. The highest BCUT2D eigenvalue weighted by Crippen LogP contribution is 2.39. The predicted octanol–water partition coefficient (Wildman–Crippen LogP) is 4.36. The summed E-state index contributed by atoms with van der Waals surface area (Å²) in [6, 6.07) is 5.04. The van der Waals surface area contributed by atoms with Crippen LogP contribution in [0.15, 0.2) is 27.9 Å². The molecular weight excluding hydrogens is 437 g/mol. The van der Waals surface area contributed by atoms with Gasteiger partial charge < -0.3 is 24.1 Å². The van der Waals surface area contributed by atoms with Gasteiger partial charge in [-0.05, 0) is 19.1 Å². The lowest BCUT2D eigenvalue weighted by molar-refractivity contribution is -0.0568. The second-order valence-electron chi connectivity index (χ2n) is 7.16. The molecule has 2 aromatic rings. The lowest BCUT2D eigenvalue weighted by Crippen LogP contribution is -2.47. The SMILES string of the molecule is Cc1onc(-c2c(Cl)cccc2Cl)c1C(=O)N1CCC2(CC1)CC(OC(=O)O)=NO2. The molecule has 0 bridgehead atoms. The van der Waals surface area contributed by atoms with Crippen LogP contribution < -0.4 is 0 Å². The molecule has 0 aliphatic carbocycles. The summed E-state index contributed by atoms with van der Waals surface area (Å²) in [5.74, 6) is 0.132. The van der Waals surface area contributed by atoms with Crippen molar-refractivity contribution < 1.29 is 28.8 Å². The molecule has 1 aromatic heterocycles. The molecule has 0 saturated carbocycles. The maximum absolute atomic E-state index is 13.3. The third-order valence-corrected chi connectivity index (χ3v) is 5.89. The van der Waals surface area contributed by atoms with Crippen LogP contribution in [-0.2, 0) is 9.57 Å². The molecule has 3 heterocycles. The van der Waals surface area contributed by atoms with Crippen LogP contribution in [0.2, 0.25) is 10.0 Å². The number of likely N-dealkylation sites (tertiary alicyclic amines) is 1. The van der Waals surface area contributed by atoms with Gasteiger partial charge in [-0.25, -0.2) is 4.79 Å². The highest BCUT2D eigenvalue weighted by molar-refractivity contribution is 6.39. The highest BCUT2D eigenvalue weighted by atomic mass is 35.5. The number of halogens is 2. The molecule has 9 nitrogen and oxygen atoms in total. The second-order valence-corrected chi connectivity index (χ2v) is 7.97. The smallest absolute Gasteiger partial charge is 0.449 e. The zero-order chi connectivity index (χ0) is 21.5. The maximum Gasteiger partial charge on any atom is 0.512 e. The highest BCUT2D eigenvalue weighted by Gasteiger charge is 2.45. The van der Waals surface area contributed by atoms with E-state index in [1.165, 1.54) is 0 Å². The number of benzene rings is 1. The van der Waals surface area contributed by atoms with Crippen molar-refractivity contribution in [1.29, 1.82) is 0 Å². The summed E-state index contributed by atoms with van der Waals surface area (Å²) < 4.78 is 9.88. The number of carbonyl (C=O) groups excluding carboxylic acids is 1. The summed E-state index contributed by atoms with van der Waals surface area (Å²) in [5.41, 5.74) is 0.378. The molecule has 0 radical (unpaired) electrons. The number of ether oxygens (including phenoxy) is 1. The van der Waals surface area contributed by atoms with Crippen molar-refractivity contribution in [3.8, 4) is 11.3 Å². The molecule has 1 amide bonds. The van der Waals surface area contributed by atoms with Crippen LogP contribution in [0.5, 0.6) is 0 Å². The summed E-state index contributed by atoms with van der Waals surface area (Å²) in [5, 5.41) is 17.2. The molecule has 1 fully saturated rings. The van der Waals surface area contributed by atoms with Crippen molar-refractivity contribution in [2.75, 3.05) is 13.1 Å². The van der Waals surface area contributed by atoms with E-state index in [-0.39, 0.29) is 18.2 Å². The van der Waals surface area contributed by atoms with Gasteiger partial charge in [0.05, 0.1) is 16.5 Å². The van der Waals surface area contributed by atoms with Crippen LogP contribution in [-0.4, -0.2) is 51.8 Å². The Morgan fingerprint density at radius 2 is 1.90 bits per heavy atom. The molecule has 30 heavy (non-hydrogen) atoms. The van der Waals surface area contributed by atoms with Crippen molar-refractivity contribution in [3.05, 3.63) is 39.6 Å². The molecule has 0 atom stereocenters. The standard InChI is InChI=1S/C19H17Cl2N3O6/c1-10-14(16(23-29-10)15-11(20)3-2-4-12(15)21)17(25)24-7-5-19(6-8-24)9-13(22-30-19)28-18(26)27/h2-4H,5-9H2,1H3,(H,26,27). The average molecular weight is 454 g/mol. The zero-order valence-electron chi connectivity index (χ0n) is 15.9. The number of rotatable bonds is 2. The van der Waals surface area contributed by atoms with Crippen molar-refractivity contribution in [1.82, 2.24) is 10.1 Å². The third kappa shape index (κ3) is 3.70. The fourth-order valence-corrected chi connectivity index (χ4v) is 4.28. The number of carbonyl (C=O) groups is 2. The Labute approximate surface area is 181 Å². The predicted molar refractivity (Wildman–Crippen MR) is 107 cm³/mol. The number of aromatic nitrogens is 1. The Balaban J connectivity index is 1.51. The molecule has 0 unspecified atom stereocenters.